The molecule has 1 aliphatic heterocycles. The standard InChI is InChI=1S/C17H27NO2/c1-14-6-3-4-8-16(14)17(19)9-10-18(2)12-15-7-5-11-20-13-15/h3-4,6,8,15,17,19H,5,7,9-13H2,1-2H3. The molecular weight excluding hydrogens is 250 g/mol. The molecule has 3 nitrogen and oxygen atoms in total. The number of hydrogen-bond donors (Lipinski definition) is 1. The van der Waals surface area contributed by atoms with Crippen LogP contribution in [0.3, 0.4) is 0 Å². The number of aryl methyl sites for hydroxylation is 1. The van der Waals surface area contributed by atoms with Crippen molar-refractivity contribution >= 4 is 0 Å². The molecule has 1 heterocycles. The van der Waals surface area contributed by atoms with E-state index in [1.54, 1.807) is 0 Å². The van der Waals surface area contributed by atoms with E-state index in [-0.39, 0.29) is 6.10 Å². The van der Waals surface area contributed by atoms with Crippen LogP contribution in [0.4, 0.5) is 0 Å². The van der Waals surface area contributed by atoms with Gasteiger partial charge in [-0.25, -0.2) is 0 Å². The number of aliphatic hydroxyl groups excluding tert-OH is 1. The molecule has 2 unspecified atom stereocenters. The van der Waals surface area contributed by atoms with Gasteiger partial charge in [0, 0.05) is 19.7 Å². The number of ether oxygens (including phenoxy) is 1. The fourth-order valence-corrected chi connectivity index (χ4v) is 2.94. The molecule has 0 radical (unpaired) electrons. The maximum atomic E-state index is 10.3. The number of aliphatic hydroxyl groups is 1. The Balaban J connectivity index is 1.75. The van der Waals surface area contributed by atoms with Crippen LogP contribution in [0, 0.1) is 12.8 Å². The number of hydrogen-bond acceptors (Lipinski definition) is 3. The van der Waals surface area contributed by atoms with Gasteiger partial charge in [-0.2, -0.15) is 0 Å². The molecule has 1 aromatic carbocycles. The fraction of sp³-hybridized carbons (Fsp3) is 0.647. The van der Waals surface area contributed by atoms with Gasteiger partial charge in [0.15, 0.2) is 0 Å². The highest BCUT2D eigenvalue weighted by Gasteiger charge is 2.17. The lowest BCUT2D eigenvalue weighted by Gasteiger charge is -2.27. The molecule has 0 amide bonds. The normalized spacial score (nSPS) is 21.1. The van der Waals surface area contributed by atoms with Crippen molar-refractivity contribution in [3.63, 3.8) is 0 Å². The second kappa shape index (κ2) is 7.77. The second-order valence-electron chi connectivity index (χ2n) is 6.01. The number of rotatable bonds is 6. The van der Waals surface area contributed by atoms with Gasteiger partial charge in [-0.15, -0.1) is 0 Å². The van der Waals surface area contributed by atoms with Crippen molar-refractivity contribution in [3.8, 4) is 0 Å². The van der Waals surface area contributed by atoms with E-state index in [1.165, 1.54) is 18.4 Å². The van der Waals surface area contributed by atoms with Crippen LogP contribution in [0.25, 0.3) is 0 Å². The van der Waals surface area contributed by atoms with E-state index < -0.39 is 0 Å². The van der Waals surface area contributed by atoms with Gasteiger partial charge in [0.25, 0.3) is 0 Å². The van der Waals surface area contributed by atoms with E-state index in [0.717, 1.165) is 38.3 Å². The molecule has 2 atom stereocenters. The van der Waals surface area contributed by atoms with E-state index in [2.05, 4.69) is 24.9 Å². The minimum Gasteiger partial charge on any atom is -0.388 e. The summed E-state index contributed by atoms with van der Waals surface area (Å²) in [4.78, 5) is 2.32. The van der Waals surface area contributed by atoms with E-state index >= 15 is 0 Å². The zero-order valence-corrected chi connectivity index (χ0v) is 12.7. The van der Waals surface area contributed by atoms with Gasteiger partial charge in [-0.1, -0.05) is 24.3 Å². The van der Waals surface area contributed by atoms with Crippen molar-refractivity contribution in [3.05, 3.63) is 35.4 Å². The van der Waals surface area contributed by atoms with Crippen molar-refractivity contribution < 1.29 is 9.84 Å². The average Bonchev–Trinajstić information content (AvgIpc) is 2.46. The van der Waals surface area contributed by atoms with Crippen molar-refractivity contribution in [2.45, 2.75) is 32.3 Å². The average molecular weight is 277 g/mol. The van der Waals surface area contributed by atoms with Crippen molar-refractivity contribution in [1.82, 2.24) is 4.90 Å². The molecule has 1 aliphatic rings. The SMILES string of the molecule is Cc1ccccc1C(O)CCN(C)CC1CCCOC1. The number of benzene rings is 1. The topological polar surface area (TPSA) is 32.7 Å². The molecule has 1 saturated heterocycles. The Morgan fingerprint density at radius 3 is 2.90 bits per heavy atom. The maximum Gasteiger partial charge on any atom is 0.0804 e. The van der Waals surface area contributed by atoms with Gasteiger partial charge >= 0.3 is 0 Å². The lowest BCUT2D eigenvalue weighted by molar-refractivity contribution is 0.0399. The van der Waals surface area contributed by atoms with Gasteiger partial charge in [-0.3, -0.25) is 0 Å². The molecule has 3 heteroatoms. The minimum atomic E-state index is -0.360. The predicted molar refractivity (Wildman–Crippen MR) is 81.8 cm³/mol. The summed E-state index contributed by atoms with van der Waals surface area (Å²) >= 11 is 0. The summed E-state index contributed by atoms with van der Waals surface area (Å²) in [6, 6.07) is 8.09. The Kier molecular flexibility index (Phi) is 6.02. The Hall–Kier alpha value is -0.900. The van der Waals surface area contributed by atoms with E-state index in [0.29, 0.717) is 5.92 Å². The van der Waals surface area contributed by atoms with Gasteiger partial charge in [0.05, 0.1) is 12.7 Å². The van der Waals surface area contributed by atoms with Crippen molar-refractivity contribution in [2.24, 2.45) is 5.92 Å². The van der Waals surface area contributed by atoms with E-state index in [9.17, 15) is 5.11 Å². The van der Waals surface area contributed by atoms with Crippen LogP contribution in [-0.4, -0.2) is 43.4 Å². The van der Waals surface area contributed by atoms with Crippen LogP contribution in [0.15, 0.2) is 24.3 Å². The Morgan fingerprint density at radius 1 is 1.40 bits per heavy atom. The van der Waals surface area contributed by atoms with E-state index in [1.807, 2.05) is 18.2 Å². The third-order valence-electron chi connectivity index (χ3n) is 4.16. The first-order chi connectivity index (χ1) is 9.66. The molecule has 0 spiro atoms. The van der Waals surface area contributed by atoms with E-state index in [4.69, 9.17) is 4.74 Å². The summed E-state index contributed by atoms with van der Waals surface area (Å²) in [5.74, 6) is 0.657. The molecule has 0 aromatic heterocycles. The summed E-state index contributed by atoms with van der Waals surface area (Å²) < 4.78 is 5.52. The molecule has 1 N–H and O–H groups in total. The van der Waals surface area contributed by atoms with Crippen molar-refractivity contribution in [2.75, 3.05) is 33.4 Å². The first-order valence-corrected chi connectivity index (χ1v) is 7.66. The number of nitrogens with zero attached hydrogens (tertiary/aromatic N) is 1. The maximum absolute atomic E-state index is 10.3. The van der Waals surface area contributed by atoms with Crippen LogP contribution >= 0.6 is 0 Å². The van der Waals surface area contributed by atoms with Gasteiger partial charge in [0.1, 0.15) is 0 Å². The highest BCUT2D eigenvalue weighted by atomic mass is 16.5. The first kappa shape index (κ1) is 15.5. The lowest BCUT2D eigenvalue weighted by atomic mass is 10.00. The molecule has 1 fully saturated rings. The van der Waals surface area contributed by atoms with Gasteiger partial charge < -0.3 is 14.7 Å². The monoisotopic (exact) mass is 277 g/mol. The molecule has 1 aromatic rings. The smallest absolute Gasteiger partial charge is 0.0804 e. The highest BCUT2D eigenvalue weighted by Crippen LogP contribution is 2.21. The fourth-order valence-electron chi connectivity index (χ4n) is 2.94. The van der Waals surface area contributed by atoms with Crippen molar-refractivity contribution in [1.29, 1.82) is 0 Å². The summed E-state index contributed by atoms with van der Waals surface area (Å²) in [6.45, 7) is 5.87. The third-order valence-corrected chi connectivity index (χ3v) is 4.16. The summed E-state index contributed by atoms with van der Waals surface area (Å²) in [6.07, 6.45) is 2.88. The van der Waals surface area contributed by atoms with Crippen LogP contribution in [0.2, 0.25) is 0 Å². The molecule has 0 saturated carbocycles. The first-order valence-electron chi connectivity index (χ1n) is 7.66. The zero-order valence-electron chi connectivity index (χ0n) is 12.7. The van der Waals surface area contributed by atoms with Crippen LogP contribution in [0.1, 0.15) is 36.5 Å². The highest BCUT2D eigenvalue weighted by molar-refractivity contribution is 5.27. The molecule has 112 valence electrons. The Bertz CT molecular complexity index is 402. The lowest BCUT2D eigenvalue weighted by Crippen LogP contribution is -2.32. The largest absolute Gasteiger partial charge is 0.388 e. The van der Waals surface area contributed by atoms with Crippen LogP contribution in [-0.2, 0) is 4.74 Å². The second-order valence-corrected chi connectivity index (χ2v) is 6.01. The molecular formula is C17H27NO2. The predicted octanol–water partition coefficient (Wildman–Crippen LogP) is 2.78. The van der Waals surface area contributed by atoms with Crippen LogP contribution in [0.5, 0.6) is 0 Å². The Labute approximate surface area is 122 Å². The molecule has 20 heavy (non-hydrogen) atoms. The Morgan fingerprint density at radius 2 is 2.20 bits per heavy atom. The molecule has 0 bridgehead atoms. The van der Waals surface area contributed by atoms with Gasteiger partial charge in [-0.05, 0) is 50.3 Å². The molecule has 0 aliphatic carbocycles. The van der Waals surface area contributed by atoms with Crippen LogP contribution < -0.4 is 0 Å². The summed E-state index contributed by atoms with van der Waals surface area (Å²) in [5.41, 5.74) is 2.23. The zero-order chi connectivity index (χ0) is 14.4. The minimum absolute atomic E-state index is 0.360. The molecule has 2 rings (SSSR count). The van der Waals surface area contributed by atoms with Gasteiger partial charge in [0.2, 0.25) is 0 Å². The third kappa shape index (κ3) is 4.58. The summed E-state index contributed by atoms with van der Waals surface area (Å²) in [7, 11) is 2.14. The quantitative estimate of drug-likeness (QED) is 0.868. The summed E-state index contributed by atoms with van der Waals surface area (Å²) in [5, 5.41) is 10.3.